The maximum Gasteiger partial charge on any atom is 0.401 e. The van der Waals surface area contributed by atoms with Crippen LogP contribution in [0.3, 0.4) is 0 Å². The molecule has 0 amide bonds. The van der Waals surface area contributed by atoms with Crippen molar-refractivity contribution in [2.24, 2.45) is 11.1 Å². The molecule has 1 spiro atoms. The normalized spacial score (nSPS) is 24.4. The minimum absolute atomic E-state index is 0.00320. The molecular formula is C20H14Cl2F4N2O2. The van der Waals surface area contributed by atoms with E-state index in [1.54, 1.807) is 18.2 Å². The fraction of sp³-hybridized carbons (Fsp3) is 0.350. The maximum atomic E-state index is 14.5. The van der Waals surface area contributed by atoms with Crippen LogP contribution in [-0.4, -0.2) is 25.0 Å². The van der Waals surface area contributed by atoms with Crippen molar-refractivity contribution in [1.29, 1.82) is 0 Å². The molecule has 1 N–H and O–H groups in total. The molecule has 3 heterocycles. The summed E-state index contributed by atoms with van der Waals surface area (Å²) in [7, 11) is 0. The van der Waals surface area contributed by atoms with E-state index in [1.165, 1.54) is 0 Å². The highest BCUT2D eigenvalue weighted by Crippen LogP contribution is 2.47. The molecule has 2 aromatic carbocycles. The molecule has 30 heavy (non-hydrogen) atoms. The van der Waals surface area contributed by atoms with Crippen LogP contribution in [0.15, 0.2) is 35.5 Å². The summed E-state index contributed by atoms with van der Waals surface area (Å²) in [5.41, 5.74) is 0.889. The van der Waals surface area contributed by atoms with E-state index >= 15 is 0 Å². The molecule has 0 bridgehead atoms. The first-order chi connectivity index (χ1) is 14.2. The molecule has 5 rings (SSSR count). The van der Waals surface area contributed by atoms with Crippen LogP contribution in [0.2, 0.25) is 10.0 Å². The van der Waals surface area contributed by atoms with Crippen molar-refractivity contribution in [3.63, 3.8) is 0 Å². The van der Waals surface area contributed by atoms with Crippen LogP contribution in [-0.2, 0) is 21.8 Å². The summed E-state index contributed by atoms with van der Waals surface area (Å²) in [5.74, 6) is -3.19. The van der Waals surface area contributed by atoms with Gasteiger partial charge in [-0.3, -0.25) is 0 Å². The predicted octanol–water partition coefficient (Wildman–Crippen LogP) is 5.12. The van der Waals surface area contributed by atoms with Crippen LogP contribution < -0.4 is 5.32 Å². The number of nitrogens with one attached hydrogen (secondary N) is 1. The topological polar surface area (TPSA) is 42.9 Å². The third kappa shape index (κ3) is 3.00. The quantitative estimate of drug-likeness (QED) is 0.499. The van der Waals surface area contributed by atoms with Crippen LogP contribution in [0.25, 0.3) is 0 Å². The number of rotatable bonds is 2. The van der Waals surface area contributed by atoms with Crippen molar-refractivity contribution >= 4 is 28.9 Å². The van der Waals surface area contributed by atoms with E-state index < -0.39 is 35.2 Å². The van der Waals surface area contributed by atoms with Gasteiger partial charge in [0.25, 0.3) is 0 Å². The summed E-state index contributed by atoms with van der Waals surface area (Å²) in [6.45, 7) is 1.62. The molecule has 158 valence electrons. The van der Waals surface area contributed by atoms with Crippen LogP contribution in [0.1, 0.15) is 28.4 Å². The van der Waals surface area contributed by atoms with Crippen molar-refractivity contribution in [1.82, 2.24) is 5.32 Å². The second-order valence-corrected chi connectivity index (χ2v) is 8.41. The number of oxime groups is 1. The molecule has 2 atom stereocenters. The van der Waals surface area contributed by atoms with Crippen LogP contribution in [0, 0.1) is 11.7 Å². The Morgan fingerprint density at radius 3 is 2.57 bits per heavy atom. The lowest BCUT2D eigenvalue weighted by Gasteiger charge is -2.39. The number of ether oxygens (including phenoxy) is 1. The Morgan fingerprint density at radius 2 is 1.90 bits per heavy atom. The summed E-state index contributed by atoms with van der Waals surface area (Å²) < 4.78 is 62.5. The fourth-order valence-electron chi connectivity index (χ4n) is 4.21. The first kappa shape index (κ1) is 20.1. The number of hydrogen-bond donors (Lipinski definition) is 1. The lowest BCUT2D eigenvalue weighted by molar-refractivity contribution is -0.178. The Morgan fingerprint density at radius 1 is 1.13 bits per heavy atom. The zero-order chi connectivity index (χ0) is 21.3. The van der Waals surface area contributed by atoms with E-state index in [-0.39, 0.29) is 21.3 Å². The van der Waals surface area contributed by atoms with E-state index in [9.17, 15) is 17.6 Å². The van der Waals surface area contributed by atoms with Crippen LogP contribution in [0.4, 0.5) is 17.6 Å². The highest BCUT2D eigenvalue weighted by atomic mass is 35.5. The third-order valence-corrected chi connectivity index (χ3v) is 6.25. The van der Waals surface area contributed by atoms with Gasteiger partial charge in [-0.05, 0) is 29.3 Å². The molecule has 3 aliphatic rings. The van der Waals surface area contributed by atoms with Crippen molar-refractivity contribution in [2.75, 3.05) is 13.1 Å². The first-order valence-corrected chi connectivity index (χ1v) is 9.88. The van der Waals surface area contributed by atoms with Crippen molar-refractivity contribution < 1.29 is 27.1 Å². The van der Waals surface area contributed by atoms with Gasteiger partial charge in [-0.25, -0.2) is 4.39 Å². The molecule has 1 saturated heterocycles. The molecule has 3 aliphatic heterocycles. The average molecular weight is 461 g/mol. The minimum Gasteiger partial charge on any atom is -0.386 e. The van der Waals surface area contributed by atoms with E-state index in [0.717, 1.165) is 23.3 Å². The number of nitrogens with zero attached hydrogens (tertiary/aromatic N) is 1. The Labute approximate surface area is 178 Å². The Hall–Kier alpha value is -1.87. The van der Waals surface area contributed by atoms with Gasteiger partial charge in [-0.15, -0.1) is 0 Å². The molecule has 4 nitrogen and oxygen atoms in total. The largest absolute Gasteiger partial charge is 0.401 e. The van der Waals surface area contributed by atoms with Gasteiger partial charge in [0, 0.05) is 29.2 Å². The summed E-state index contributed by atoms with van der Waals surface area (Å²) in [5, 5.41) is 6.46. The molecule has 10 heteroatoms. The molecule has 1 unspecified atom stereocenters. The molecule has 2 aromatic rings. The number of fused-ring (bicyclic) bond motifs is 2. The predicted molar refractivity (Wildman–Crippen MR) is 102 cm³/mol. The molecule has 1 fully saturated rings. The highest BCUT2D eigenvalue weighted by molar-refractivity contribution is 6.34. The third-order valence-electron chi connectivity index (χ3n) is 5.76. The van der Waals surface area contributed by atoms with Gasteiger partial charge in [0.1, 0.15) is 23.0 Å². The van der Waals surface area contributed by atoms with Gasteiger partial charge in [0.05, 0.1) is 11.6 Å². The van der Waals surface area contributed by atoms with Gasteiger partial charge in [0.2, 0.25) is 0 Å². The van der Waals surface area contributed by atoms with Gasteiger partial charge in [-0.1, -0.05) is 40.5 Å². The van der Waals surface area contributed by atoms with E-state index in [1.807, 2.05) is 0 Å². The standard InChI is InChI=1S/C20H14Cl2F4N2O2/c21-11-4-12(16(23)14(22)5-11)18-15(20(24,25)26)17(28-30-18)9-1-2-13-10(3-9)6-29-19(13)7-27-8-19/h1-5,15,18,27H,6-8H2/t15-,18?/m1/s1. The van der Waals surface area contributed by atoms with E-state index in [4.69, 9.17) is 32.8 Å². The van der Waals surface area contributed by atoms with Gasteiger partial charge < -0.3 is 14.9 Å². The van der Waals surface area contributed by atoms with Gasteiger partial charge in [0.15, 0.2) is 6.10 Å². The first-order valence-electron chi connectivity index (χ1n) is 9.13. The molecule has 0 aliphatic carbocycles. The van der Waals surface area contributed by atoms with Crippen LogP contribution in [0.5, 0.6) is 0 Å². The smallest absolute Gasteiger partial charge is 0.386 e. The zero-order valence-electron chi connectivity index (χ0n) is 15.2. The van der Waals surface area contributed by atoms with Crippen molar-refractivity contribution in [2.45, 2.75) is 24.5 Å². The van der Waals surface area contributed by atoms with E-state index in [2.05, 4.69) is 10.5 Å². The number of benzene rings is 2. The molecule has 0 aromatic heterocycles. The summed E-state index contributed by atoms with van der Waals surface area (Å²) in [6.07, 6.45) is -6.47. The monoisotopic (exact) mass is 460 g/mol. The summed E-state index contributed by atoms with van der Waals surface area (Å²) in [4.78, 5) is 5.10. The minimum atomic E-state index is -4.74. The Balaban J connectivity index is 1.54. The molecule has 0 radical (unpaired) electrons. The van der Waals surface area contributed by atoms with E-state index in [0.29, 0.717) is 19.7 Å². The van der Waals surface area contributed by atoms with Gasteiger partial charge >= 0.3 is 6.18 Å². The Bertz CT molecular complexity index is 1070. The SMILES string of the molecule is Fc1c(Cl)cc(Cl)cc1C1ON=C(c2ccc3c(c2)COC32CNC2)[C@H]1C(F)(F)F. The lowest BCUT2D eigenvalue weighted by Crippen LogP contribution is -2.56. The van der Waals surface area contributed by atoms with Crippen molar-refractivity contribution in [3.8, 4) is 0 Å². The van der Waals surface area contributed by atoms with Crippen LogP contribution >= 0.6 is 23.2 Å². The van der Waals surface area contributed by atoms with Crippen molar-refractivity contribution in [3.05, 3.63) is 68.4 Å². The molecular weight excluding hydrogens is 447 g/mol. The van der Waals surface area contributed by atoms with Gasteiger partial charge in [-0.2, -0.15) is 13.2 Å². The molecule has 0 saturated carbocycles. The summed E-state index contributed by atoms with van der Waals surface area (Å²) in [6, 6.07) is 7.16. The highest BCUT2D eigenvalue weighted by Gasteiger charge is 2.55. The number of hydrogen-bond acceptors (Lipinski definition) is 4. The average Bonchev–Trinajstić information content (AvgIpc) is 3.25. The number of halogens is 6. The Kier molecular flexibility index (Phi) is 4.56. The zero-order valence-corrected chi connectivity index (χ0v) is 16.7. The maximum absolute atomic E-state index is 14.5. The summed E-state index contributed by atoms with van der Waals surface area (Å²) >= 11 is 11.7. The number of alkyl halides is 3. The fourth-order valence-corrected chi connectivity index (χ4v) is 4.72. The second-order valence-electron chi connectivity index (χ2n) is 7.57. The lowest BCUT2D eigenvalue weighted by atomic mass is 9.84. The second kappa shape index (κ2) is 6.82.